The van der Waals surface area contributed by atoms with Crippen molar-refractivity contribution in [1.82, 2.24) is 0 Å². The van der Waals surface area contributed by atoms with Crippen LogP contribution in [0.1, 0.15) is 31.4 Å². The molecule has 0 aliphatic heterocycles. The quantitative estimate of drug-likeness (QED) is 0.648. The predicted molar refractivity (Wildman–Crippen MR) is 75.1 cm³/mol. The lowest BCUT2D eigenvalue weighted by Gasteiger charge is -2.20. The highest BCUT2D eigenvalue weighted by Gasteiger charge is 2.14. The van der Waals surface area contributed by atoms with Crippen molar-refractivity contribution >= 4 is 16.8 Å². The molecule has 0 atom stereocenters. The summed E-state index contributed by atoms with van der Waals surface area (Å²) >= 11 is 0. The van der Waals surface area contributed by atoms with Crippen molar-refractivity contribution in [3.05, 3.63) is 53.1 Å². The maximum absolute atomic E-state index is 2.40. The number of benzene rings is 2. The van der Waals surface area contributed by atoms with Crippen molar-refractivity contribution in [3.8, 4) is 0 Å². The van der Waals surface area contributed by atoms with Gasteiger partial charge in [-0.2, -0.15) is 0 Å². The number of allylic oxidation sites excluding steroid dienone is 1. The molecule has 0 heterocycles. The summed E-state index contributed by atoms with van der Waals surface area (Å²) in [6.45, 7) is 4.58. The van der Waals surface area contributed by atoms with Gasteiger partial charge >= 0.3 is 0 Å². The second kappa shape index (κ2) is 4.03. The minimum absolute atomic E-state index is 0.676. The Morgan fingerprint density at radius 3 is 2.59 bits per heavy atom. The molecule has 3 rings (SSSR count). The number of fused-ring (bicyclic) bond motifs is 3. The van der Waals surface area contributed by atoms with Crippen molar-refractivity contribution in [2.75, 3.05) is 0 Å². The predicted octanol–water partition coefficient (Wildman–Crippen LogP) is 4.83. The Morgan fingerprint density at radius 1 is 0.941 bits per heavy atom. The maximum atomic E-state index is 2.40. The average Bonchev–Trinajstić information content (AvgIpc) is 2.38. The van der Waals surface area contributed by atoms with Gasteiger partial charge in [0.05, 0.1) is 0 Å². The van der Waals surface area contributed by atoms with Gasteiger partial charge in [0.1, 0.15) is 0 Å². The molecule has 86 valence electrons. The van der Waals surface area contributed by atoms with Gasteiger partial charge in [0.2, 0.25) is 0 Å². The van der Waals surface area contributed by atoms with Gasteiger partial charge in [-0.25, -0.2) is 0 Å². The normalized spacial score (nSPS) is 14.9. The lowest BCUT2D eigenvalue weighted by Crippen LogP contribution is -2.04. The van der Waals surface area contributed by atoms with Crippen molar-refractivity contribution in [2.24, 2.45) is 5.92 Å². The molecule has 0 saturated heterocycles. The lowest BCUT2D eigenvalue weighted by atomic mass is 9.85. The molecule has 0 spiro atoms. The SMILES string of the molecule is CC(C)C1=Cc2ccc3ccccc3c2CC1. The van der Waals surface area contributed by atoms with Gasteiger partial charge in [-0.15, -0.1) is 0 Å². The summed E-state index contributed by atoms with van der Waals surface area (Å²) in [5.41, 5.74) is 4.55. The summed E-state index contributed by atoms with van der Waals surface area (Å²) < 4.78 is 0. The average molecular weight is 222 g/mol. The summed E-state index contributed by atoms with van der Waals surface area (Å²) in [6, 6.07) is 13.2. The van der Waals surface area contributed by atoms with E-state index in [9.17, 15) is 0 Å². The van der Waals surface area contributed by atoms with Crippen molar-refractivity contribution < 1.29 is 0 Å². The van der Waals surface area contributed by atoms with Gasteiger partial charge in [0.25, 0.3) is 0 Å². The number of rotatable bonds is 1. The van der Waals surface area contributed by atoms with Crippen LogP contribution in [-0.4, -0.2) is 0 Å². The number of aryl methyl sites for hydroxylation is 1. The van der Waals surface area contributed by atoms with E-state index >= 15 is 0 Å². The molecule has 0 radical (unpaired) electrons. The Bertz CT molecular complexity index is 588. The third kappa shape index (κ3) is 1.78. The molecule has 0 bridgehead atoms. The molecule has 0 nitrogen and oxygen atoms in total. The third-order valence-electron chi connectivity index (χ3n) is 3.82. The molecule has 2 aromatic carbocycles. The smallest absolute Gasteiger partial charge is 0.0146 e. The van der Waals surface area contributed by atoms with E-state index in [0.717, 1.165) is 0 Å². The van der Waals surface area contributed by atoms with Crippen LogP contribution in [0.15, 0.2) is 42.0 Å². The standard InChI is InChI=1S/C17H18/c1-12(2)14-9-10-17-15(11-14)8-7-13-5-3-4-6-16(13)17/h3-8,11-12H,9-10H2,1-2H3. The third-order valence-corrected chi connectivity index (χ3v) is 3.82. The molecule has 17 heavy (non-hydrogen) atoms. The summed E-state index contributed by atoms with van der Waals surface area (Å²) in [6.07, 6.45) is 4.81. The van der Waals surface area contributed by atoms with E-state index in [-0.39, 0.29) is 0 Å². The fourth-order valence-corrected chi connectivity index (χ4v) is 2.76. The summed E-state index contributed by atoms with van der Waals surface area (Å²) in [5.74, 6) is 0.676. The molecule has 0 saturated carbocycles. The topological polar surface area (TPSA) is 0 Å². The maximum Gasteiger partial charge on any atom is -0.0146 e. The summed E-state index contributed by atoms with van der Waals surface area (Å²) in [4.78, 5) is 0. The van der Waals surface area contributed by atoms with Gasteiger partial charge in [0, 0.05) is 0 Å². The second-order valence-corrected chi connectivity index (χ2v) is 5.23. The van der Waals surface area contributed by atoms with Gasteiger partial charge in [-0.05, 0) is 40.7 Å². The molecule has 0 fully saturated rings. The van der Waals surface area contributed by atoms with Crippen LogP contribution in [0.3, 0.4) is 0 Å². The minimum atomic E-state index is 0.676. The fraction of sp³-hybridized carbons (Fsp3) is 0.294. The number of hydrogen-bond donors (Lipinski definition) is 0. The molecule has 1 aliphatic carbocycles. The molecule has 1 aliphatic rings. The van der Waals surface area contributed by atoms with Crippen molar-refractivity contribution in [3.63, 3.8) is 0 Å². The molecule has 0 aromatic heterocycles. The van der Waals surface area contributed by atoms with Crippen LogP contribution < -0.4 is 0 Å². The first-order chi connectivity index (χ1) is 8.25. The van der Waals surface area contributed by atoms with Crippen LogP contribution in [0.5, 0.6) is 0 Å². The van der Waals surface area contributed by atoms with Gasteiger partial charge in [-0.3, -0.25) is 0 Å². The van der Waals surface area contributed by atoms with Gasteiger partial charge in [-0.1, -0.05) is 61.9 Å². The van der Waals surface area contributed by atoms with E-state index in [1.165, 1.54) is 34.7 Å². The Morgan fingerprint density at radius 2 is 1.76 bits per heavy atom. The van der Waals surface area contributed by atoms with Crippen LogP contribution in [0.25, 0.3) is 16.8 Å². The number of hydrogen-bond acceptors (Lipinski definition) is 0. The summed E-state index contributed by atoms with van der Waals surface area (Å²) in [7, 11) is 0. The van der Waals surface area contributed by atoms with Crippen LogP contribution in [0.4, 0.5) is 0 Å². The van der Waals surface area contributed by atoms with E-state index in [2.05, 4.69) is 56.3 Å². The molecular weight excluding hydrogens is 204 g/mol. The largest absolute Gasteiger partial charge is 0.0667 e. The first-order valence-corrected chi connectivity index (χ1v) is 6.47. The van der Waals surface area contributed by atoms with Crippen LogP contribution >= 0.6 is 0 Å². The monoisotopic (exact) mass is 222 g/mol. The zero-order valence-corrected chi connectivity index (χ0v) is 10.5. The molecule has 0 amide bonds. The zero-order chi connectivity index (χ0) is 11.8. The van der Waals surface area contributed by atoms with E-state index < -0.39 is 0 Å². The van der Waals surface area contributed by atoms with E-state index in [1.807, 2.05) is 0 Å². The Hall–Kier alpha value is -1.56. The highest BCUT2D eigenvalue weighted by atomic mass is 14.2. The lowest BCUT2D eigenvalue weighted by molar-refractivity contribution is 0.711. The second-order valence-electron chi connectivity index (χ2n) is 5.23. The Labute approximate surface area is 103 Å². The summed E-state index contributed by atoms with van der Waals surface area (Å²) in [5, 5.41) is 2.80. The first kappa shape index (κ1) is 10.6. The molecule has 2 aromatic rings. The van der Waals surface area contributed by atoms with Crippen molar-refractivity contribution in [1.29, 1.82) is 0 Å². The van der Waals surface area contributed by atoms with E-state index in [4.69, 9.17) is 0 Å². The molecule has 0 unspecified atom stereocenters. The van der Waals surface area contributed by atoms with Crippen molar-refractivity contribution in [2.45, 2.75) is 26.7 Å². The van der Waals surface area contributed by atoms with Gasteiger partial charge in [0.15, 0.2) is 0 Å². The van der Waals surface area contributed by atoms with E-state index in [1.54, 1.807) is 5.57 Å². The first-order valence-electron chi connectivity index (χ1n) is 6.47. The fourth-order valence-electron chi connectivity index (χ4n) is 2.76. The highest BCUT2D eigenvalue weighted by Crippen LogP contribution is 2.32. The molecular formula is C17H18. The van der Waals surface area contributed by atoms with Gasteiger partial charge < -0.3 is 0 Å². The van der Waals surface area contributed by atoms with Crippen LogP contribution in [0.2, 0.25) is 0 Å². The van der Waals surface area contributed by atoms with Crippen LogP contribution in [-0.2, 0) is 6.42 Å². The Balaban J connectivity index is 2.21. The van der Waals surface area contributed by atoms with E-state index in [0.29, 0.717) is 5.92 Å². The molecule has 0 heteroatoms. The minimum Gasteiger partial charge on any atom is -0.0667 e. The van der Waals surface area contributed by atoms with Crippen LogP contribution in [0, 0.1) is 5.92 Å². The Kier molecular flexibility index (Phi) is 2.51. The zero-order valence-electron chi connectivity index (χ0n) is 10.5. The highest BCUT2D eigenvalue weighted by molar-refractivity contribution is 5.89. The molecule has 0 N–H and O–H groups in total.